The molecule has 32 heavy (non-hydrogen) atoms. The molecule has 3 aromatic rings. The highest BCUT2D eigenvalue weighted by Crippen LogP contribution is 2.34. The summed E-state index contributed by atoms with van der Waals surface area (Å²) in [6, 6.07) is 19.1. The summed E-state index contributed by atoms with van der Waals surface area (Å²) in [4.78, 5) is 28.4. The topological polar surface area (TPSA) is 49.4 Å². The number of imide groups is 1. The minimum absolute atomic E-state index is 0.115. The van der Waals surface area contributed by atoms with Crippen molar-refractivity contribution < 1.29 is 9.59 Å². The van der Waals surface area contributed by atoms with Crippen LogP contribution in [-0.4, -0.2) is 16.7 Å². The molecule has 0 fully saturated rings. The van der Waals surface area contributed by atoms with Crippen LogP contribution in [0.15, 0.2) is 66.4 Å². The fraction of sp³-hybridized carbons (Fsp3) is 0.185. The molecule has 3 aromatic carbocycles. The van der Waals surface area contributed by atoms with E-state index in [2.05, 4.69) is 5.32 Å². The normalized spacial score (nSPS) is 13.8. The molecule has 4 nitrogen and oxygen atoms in total. The average molecular weight is 445 g/mol. The lowest BCUT2D eigenvalue weighted by Crippen LogP contribution is -2.32. The predicted octanol–water partition coefficient (Wildman–Crippen LogP) is 5.97. The number of rotatable bonds is 5. The van der Waals surface area contributed by atoms with Gasteiger partial charge in [-0.3, -0.25) is 14.5 Å². The van der Waals surface area contributed by atoms with Gasteiger partial charge in [-0.1, -0.05) is 71.3 Å². The molecule has 1 aliphatic rings. The van der Waals surface area contributed by atoms with E-state index < -0.39 is 0 Å². The minimum atomic E-state index is -0.357. The van der Waals surface area contributed by atoms with E-state index in [0.29, 0.717) is 16.3 Å². The Labute approximate surface area is 193 Å². The van der Waals surface area contributed by atoms with Crippen LogP contribution in [-0.2, 0) is 16.1 Å². The summed E-state index contributed by atoms with van der Waals surface area (Å²) in [5, 5.41) is 3.80. The van der Waals surface area contributed by atoms with Crippen LogP contribution in [0.3, 0.4) is 0 Å². The molecule has 0 atom stereocenters. The number of hydrogen-bond donors (Lipinski definition) is 1. The molecule has 0 spiro atoms. The molecule has 2 amide bonds. The van der Waals surface area contributed by atoms with Gasteiger partial charge < -0.3 is 5.32 Å². The van der Waals surface area contributed by atoms with Gasteiger partial charge in [0.15, 0.2) is 0 Å². The number of carbonyl (C=O) groups excluding carboxylic acids is 2. The Balaban J connectivity index is 1.81. The maximum absolute atomic E-state index is 13.6. The van der Waals surface area contributed by atoms with Gasteiger partial charge in [0.1, 0.15) is 5.70 Å². The second kappa shape index (κ2) is 8.64. The van der Waals surface area contributed by atoms with E-state index in [0.717, 1.165) is 39.1 Å². The first-order valence-electron chi connectivity index (χ1n) is 10.5. The molecule has 0 saturated carbocycles. The number of anilines is 1. The molecule has 0 bridgehead atoms. The van der Waals surface area contributed by atoms with Crippen molar-refractivity contribution in [1.29, 1.82) is 0 Å². The van der Waals surface area contributed by atoms with Crippen molar-refractivity contribution in [3.63, 3.8) is 0 Å². The Morgan fingerprint density at radius 3 is 2.12 bits per heavy atom. The molecule has 1 N–H and O–H groups in total. The van der Waals surface area contributed by atoms with Crippen molar-refractivity contribution in [1.82, 2.24) is 4.90 Å². The summed E-state index contributed by atoms with van der Waals surface area (Å²) >= 11 is 6.32. The zero-order valence-corrected chi connectivity index (χ0v) is 19.4. The summed E-state index contributed by atoms with van der Waals surface area (Å²) in [5.41, 5.74) is 7.13. The van der Waals surface area contributed by atoms with Crippen LogP contribution in [0, 0.1) is 27.7 Å². The largest absolute Gasteiger partial charge is 0.350 e. The molecule has 0 unspecified atom stereocenters. The first kappa shape index (κ1) is 21.8. The summed E-state index contributed by atoms with van der Waals surface area (Å²) in [7, 11) is 0. The van der Waals surface area contributed by atoms with Crippen LogP contribution in [0.5, 0.6) is 0 Å². The fourth-order valence-corrected chi connectivity index (χ4v) is 4.26. The Hall–Kier alpha value is -3.37. The molecule has 0 radical (unpaired) electrons. The predicted molar refractivity (Wildman–Crippen MR) is 129 cm³/mol. The lowest BCUT2D eigenvalue weighted by Gasteiger charge is -2.16. The minimum Gasteiger partial charge on any atom is -0.350 e. The van der Waals surface area contributed by atoms with Crippen LogP contribution >= 0.6 is 11.6 Å². The molecule has 1 heterocycles. The first-order chi connectivity index (χ1) is 15.3. The number of nitrogens with zero attached hydrogens (tertiary/aromatic N) is 1. The van der Waals surface area contributed by atoms with Gasteiger partial charge in [-0.15, -0.1) is 0 Å². The van der Waals surface area contributed by atoms with Gasteiger partial charge in [-0.05, 0) is 62.1 Å². The molecule has 0 aliphatic carbocycles. The molecular weight excluding hydrogens is 420 g/mol. The second-order valence-corrected chi connectivity index (χ2v) is 8.71. The molecular formula is C27H25ClN2O2. The van der Waals surface area contributed by atoms with Gasteiger partial charge in [0.25, 0.3) is 11.8 Å². The van der Waals surface area contributed by atoms with E-state index in [1.807, 2.05) is 82.3 Å². The van der Waals surface area contributed by atoms with Crippen molar-refractivity contribution >= 4 is 34.7 Å². The highest BCUT2D eigenvalue weighted by atomic mass is 35.5. The molecule has 162 valence electrons. The SMILES string of the molecule is Cc1ccc(NC2=C(c3ccc(C)cc3C)C(=O)N(Cc3ccccc3Cl)C2=O)c(C)c1. The van der Waals surface area contributed by atoms with Gasteiger partial charge in [0.2, 0.25) is 0 Å². The highest BCUT2D eigenvalue weighted by Gasteiger charge is 2.40. The van der Waals surface area contributed by atoms with E-state index in [9.17, 15) is 9.59 Å². The number of nitrogens with one attached hydrogen (secondary N) is 1. The lowest BCUT2D eigenvalue weighted by atomic mass is 9.97. The van der Waals surface area contributed by atoms with Gasteiger partial charge in [0, 0.05) is 10.7 Å². The molecule has 5 heteroatoms. The van der Waals surface area contributed by atoms with E-state index in [1.165, 1.54) is 4.90 Å². The number of halogens is 1. The van der Waals surface area contributed by atoms with Crippen LogP contribution in [0.1, 0.15) is 33.4 Å². The van der Waals surface area contributed by atoms with Crippen LogP contribution < -0.4 is 5.32 Å². The maximum Gasteiger partial charge on any atom is 0.278 e. The molecule has 4 rings (SSSR count). The quantitative estimate of drug-likeness (QED) is 0.493. The summed E-state index contributed by atoms with van der Waals surface area (Å²) < 4.78 is 0. The van der Waals surface area contributed by atoms with Crippen LogP contribution in [0.25, 0.3) is 5.57 Å². The Morgan fingerprint density at radius 2 is 1.47 bits per heavy atom. The van der Waals surface area contributed by atoms with E-state index in [4.69, 9.17) is 11.6 Å². The van der Waals surface area contributed by atoms with Gasteiger partial charge in [-0.2, -0.15) is 0 Å². The molecule has 0 aromatic heterocycles. The number of aryl methyl sites for hydroxylation is 4. The van der Waals surface area contributed by atoms with E-state index in [1.54, 1.807) is 6.07 Å². The number of hydrogen-bond acceptors (Lipinski definition) is 3. The van der Waals surface area contributed by atoms with Gasteiger partial charge >= 0.3 is 0 Å². The smallest absolute Gasteiger partial charge is 0.278 e. The highest BCUT2D eigenvalue weighted by molar-refractivity contribution is 6.37. The second-order valence-electron chi connectivity index (χ2n) is 8.30. The first-order valence-corrected chi connectivity index (χ1v) is 10.9. The van der Waals surface area contributed by atoms with Crippen molar-refractivity contribution in [2.75, 3.05) is 5.32 Å². The summed E-state index contributed by atoms with van der Waals surface area (Å²) in [5.74, 6) is -0.681. The summed E-state index contributed by atoms with van der Waals surface area (Å²) in [6.45, 7) is 8.08. The van der Waals surface area contributed by atoms with Crippen molar-refractivity contribution in [2.45, 2.75) is 34.2 Å². The maximum atomic E-state index is 13.6. The van der Waals surface area contributed by atoms with Gasteiger partial charge in [0.05, 0.1) is 12.1 Å². The number of benzene rings is 3. The summed E-state index contributed by atoms with van der Waals surface area (Å²) in [6.07, 6.45) is 0. The zero-order valence-electron chi connectivity index (χ0n) is 18.6. The third-order valence-electron chi connectivity index (χ3n) is 5.75. The third-order valence-corrected chi connectivity index (χ3v) is 6.12. The van der Waals surface area contributed by atoms with Crippen LogP contribution in [0.4, 0.5) is 5.69 Å². The lowest BCUT2D eigenvalue weighted by molar-refractivity contribution is -0.137. The number of amides is 2. The monoisotopic (exact) mass is 444 g/mol. The fourth-order valence-electron chi connectivity index (χ4n) is 4.07. The van der Waals surface area contributed by atoms with Crippen molar-refractivity contribution in [3.8, 4) is 0 Å². The average Bonchev–Trinajstić information content (AvgIpc) is 2.96. The van der Waals surface area contributed by atoms with Crippen LogP contribution in [0.2, 0.25) is 5.02 Å². The molecule has 1 aliphatic heterocycles. The van der Waals surface area contributed by atoms with E-state index in [-0.39, 0.29) is 18.4 Å². The Morgan fingerprint density at radius 1 is 0.812 bits per heavy atom. The van der Waals surface area contributed by atoms with E-state index >= 15 is 0 Å². The van der Waals surface area contributed by atoms with Crippen molar-refractivity contribution in [2.24, 2.45) is 0 Å². The third kappa shape index (κ3) is 4.06. The standard InChI is InChI=1S/C27H25ClN2O2/c1-16-9-11-21(18(3)13-16)24-25(29-23-12-10-17(2)14-19(23)4)27(32)30(26(24)31)15-20-7-5-6-8-22(20)28/h5-14,29H,15H2,1-4H3. The Bertz CT molecular complexity index is 1280. The number of carbonyl (C=O) groups is 2. The van der Waals surface area contributed by atoms with Gasteiger partial charge in [-0.25, -0.2) is 0 Å². The Kier molecular flexibility index (Phi) is 5.90. The molecule has 0 saturated heterocycles. The zero-order chi connectivity index (χ0) is 23.0. The van der Waals surface area contributed by atoms with Crippen molar-refractivity contribution in [3.05, 3.63) is 105 Å².